The predicted octanol–water partition coefficient (Wildman–Crippen LogP) is 4.65. The topological polar surface area (TPSA) is 91.7 Å². The van der Waals surface area contributed by atoms with Crippen LogP contribution in [0.5, 0.6) is 23.0 Å². The molecule has 1 heterocycles. The number of aliphatic hydroxyl groups is 1. The molecule has 1 fully saturated rings. The lowest BCUT2D eigenvalue weighted by Gasteiger charge is -2.35. The lowest BCUT2D eigenvalue weighted by molar-refractivity contribution is -0.127. The Hall–Kier alpha value is -3.23. The lowest BCUT2D eigenvalue weighted by Crippen LogP contribution is -2.49. The van der Waals surface area contributed by atoms with Crippen LogP contribution in [0.4, 0.5) is 0 Å². The van der Waals surface area contributed by atoms with E-state index in [9.17, 15) is 15.0 Å². The second kappa shape index (κ2) is 15.2. The first-order valence-corrected chi connectivity index (χ1v) is 13.6. The molecule has 0 spiro atoms. The molecule has 1 unspecified atom stereocenters. The van der Waals surface area contributed by atoms with E-state index >= 15 is 0 Å². The highest BCUT2D eigenvalue weighted by Gasteiger charge is 2.22. The van der Waals surface area contributed by atoms with Crippen molar-refractivity contribution in [3.05, 3.63) is 53.6 Å². The molecule has 1 atom stereocenters. The van der Waals surface area contributed by atoms with Gasteiger partial charge in [0, 0.05) is 38.8 Å². The van der Waals surface area contributed by atoms with Crippen LogP contribution >= 0.6 is 0 Å². The molecule has 0 radical (unpaired) electrons. The highest BCUT2D eigenvalue weighted by Crippen LogP contribution is 2.38. The Morgan fingerprint density at radius 1 is 0.974 bits per heavy atom. The van der Waals surface area contributed by atoms with E-state index in [4.69, 9.17) is 14.2 Å². The largest absolute Gasteiger partial charge is 0.502 e. The van der Waals surface area contributed by atoms with Crippen LogP contribution in [0.3, 0.4) is 0 Å². The normalized spacial score (nSPS) is 15.0. The van der Waals surface area contributed by atoms with Gasteiger partial charge in [-0.05, 0) is 54.3 Å². The number of phenolic OH excluding ortho intramolecular Hbond substituents is 1. The molecular formula is C30H42N2O6. The Morgan fingerprint density at radius 2 is 1.55 bits per heavy atom. The van der Waals surface area contributed by atoms with E-state index in [0.29, 0.717) is 57.4 Å². The number of aromatic hydroxyl groups is 1. The van der Waals surface area contributed by atoms with Crippen LogP contribution in [0.25, 0.3) is 6.08 Å². The number of phenols is 1. The van der Waals surface area contributed by atoms with Gasteiger partial charge in [-0.2, -0.15) is 0 Å². The Labute approximate surface area is 226 Å². The SMILES string of the molecule is CCCCOc1cc(C=CC(=O)N2CCN(CC(O)c3ccc(OC)cc3)CC2)cc(OCCCC)c1O. The summed E-state index contributed by atoms with van der Waals surface area (Å²) in [7, 11) is 1.62. The second-order valence-corrected chi connectivity index (χ2v) is 9.52. The number of hydrogen-bond acceptors (Lipinski definition) is 7. The van der Waals surface area contributed by atoms with Gasteiger partial charge in [-0.15, -0.1) is 0 Å². The van der Waals surface area contributed by atoms with Crippen molar-refractivity contribution >= 4 is 12.0 Å². The van der Waals surface area contributed by atoms with Gasteiger partial charge < -0.3 is 29.3 Å². The standard InChI is InChI=1S/C30H42N2O6/c1-4-6-18-37-27-20-23(21-28(30(27)35)38-19-7-5-2)8-13-29(34)32-16-14-31(15-17-32)22-26(33)24-9-11-25(36-3)12-10-24/h8-13,20-21,26,33,35H,4-7,14-19,22H2,1-3H3. The molecule has 1 amide bonds. The van der Waals surface area contributed by atoms with Crippen LogP contribution in [0, 0.1) is 0 Å². The number of hydrogen-bond donors (Lipinski definition) is 2. The number of aliphatic hydroxyl groups excluding tert-OH is 1. The molecule has 1 aliphatic rings. The second-order valence-electron chi connectivity index (χ2n) is 9.52. The van der Waals surface area contributed by atoms with Gasteiger partial charge in [-0.3, -0.25) is 9.69 Å². The van der Waals surface area contributed by atoms with Crippen LogP contribution in [0.1, 0.15) is 56.8 Å². The summed E-state index contributed by atoms with van der Waals surface area (Å²) in [5.74, 6) is 1.41. The Balaban J connectivity index is 1.57. The maximum atomic E-state index is 12.9. The number of unbranched alkanes of at least 4 members (excludes halogenated alkanes) is 2. The number of benzene rings is 2. The van der Waals surface area contributed by atoms with Crippen molar-refractivity contribution in [3.8, 4) is 23.0 Å². The van der Waals surface area contributed by atoms with Crippen molar-refractivity contribution in [2.24, 2.45) is 0 Å². The zero-order chi connectivity index (χ0) is 27.3. The first-order valence-electron chi connectivity index (χ1n) is 13.6. The van der Waals surface area contributed by atoms with Gasteiger partial charge in [-0.1, -0.05) is 38.8 Å². The Kier molecular flexibility index (Phi) is 11.8. The van der Waals surface area contributed by atoms with E-state index in [-0.39, 0.29) is 11.7 Å². The molecular weight excluding hydrogens is 484 g/mol. The van der Waals surface area contributed by atoms with Gasteiger partial charge in [0.05, 0.1) is 26.4 Å². The van der Waals surface area contributed by atoms with Gasteiger partial charge in [0.1, 0.15) is 5.75 Å². The number of ether oxygens (including phenoxy) is 3. The number of methoxy groups -OCH3 is 1. The van der Waals surface area contributed by atoms with Crippen molar-refractivity contribution in [2.75, 3.05) is 53.0 Å². The molecule has 38 heavy (non-hydrogen) atoms. The summed E-state index contributed by atoms with van der Waals surface area (Å²) in [5.41, 5.74) is 1.58. The highest BCUT2D eigenvalue weighted by atomic mass is 16.5. The fourth-order valence-corrected chi connectivity index (χ4v) is 4.17. The van der Waals surface area contributed by atoms with Gasteiger partial charge >= 0.3 is 0 Å². The van der Waals surface area contributed by atoms with E-state index in [2.05, 4.69) is 18.7 Å². The number of carbonyl (C=O) groups excluding carboxylic acids is 1. The van der Waals surface area contributed by atoms with E-state index < -0.39 is 6.10 Å². The van der Waals surface area contributed by atoms with Crippen molar-refractivity contribution in [1.29, 1.82) is 0 Å². The van der Waals surface area contributed by atoms with Gasteiger partial charge in [0.25, 0.3) is 0 Å². The molecule has 2 aromatic carbocycles. The summed E-state index contributed by atoms with van der Waals surface area (Å²) in [4.78, 5) is 16.9. The number of β-amino-alcohol motifs (C(OH)–C–C–N with tert-alkyl or cyclic N) is 1. The zero-order valence-corrected chi connectivity index (χ0v) is 22.9. The van der Waals surface area contributed by atoms with Crippen molar-refractivity contribution in [2.45, 2.75) is 45.6 Å². The third-order valence-electron chi connectivity index (χ3n) is 6.61. The summed E-state index contributed by atoms with van der Waals surface area (Å²) in [6.45, 7) is 8.24. The monoisotopic (exact) mass is 526 g/mol. The summed E-state index contributed by atoms with van der Waals surface area (Å²) in [6.07, 6.45) is 6.44. The maximum absolute atomic E-state index is 12.9. The predicted molar refractivity (Wildman–Crippen MR) is 149 cm³/mol. The molecule has 208 valence electrons. The van der Waals surface area contributed by atoms with Gasteiger partial charge in [0.15, 0.2) is 11.5 Å². The number of carbonyl (C=O) groups is 1. The highest BCUT2D eigenvalue weighted by molar-refractivity contribution is 5.92. The maximum Gasteiger partial charge on any atom is 0.246 e. The third kappa shape index (κ3) is 8.67. The average molecular weight is 527 g/mol. The molecule has 8 heteroatoms. The van der Waals surface area contributed by atoms with Crippen LogP contribution in [-0.4, -0.2) is 79.0 Å². The summed E-state index contributed by atoms with van der Waals surface area (Å²) < 4.78 is 16.7. The molecule has 1 saturated heterocycles. The van der Waals surface area contributed by atoms with Gasteiger partial charge in [0.2, 0.25) is 11.7 Å². The van der Waals surface area contributed by atoms with E-state index in [1.807, 2.05) is 29.2 Å². The van der Waals surface area contributed by atoms with Crippen LogP contribution in [-0.2, 0) is 4.79 Å². The van der Waals surface area contributed by atoms with Crippen molar-refractivity contribution in [1.82, 2.24) is 9.80 Å². The van der Waals surface area contributed by atoms with E-state index in [1.54, 1.807) is 31.4 Å². The summed E-state index contributed by atoms with van der Waals surface area (Å²) in [5, 5.41) is 21.2. The summed E-state index contributed by atoms with van der Waals surface area (Å²) >= 11 is 0. The Morgan fingerprint density at radius 3 is 2.08 bits per heavy atom. The number of nitrogens with zero attached hydrogens (tertiary/aromatic N) is 2. The van der Waals surface area contributed by atoms with Crippen molar-refractivity contribution < 1.29 is 29.2 Å². The molecule has 2 aromatic rings. The summed E-state index contributed by atoms with van der Waals surface area (Å²) in [6, 6.07) is 10.9. The lowest BCUT2D eigenvalue weighted by atomic mass is 10.1. The molecule has 3 rings (SSSR count). The van der Waals surface area contributed by atoms with Crippen molar-refractivity contribution in [3.63, 3.8) is 0 Å². The fraction of sp³-hybridized carbons (Fsp3) is 0.500. The quantitative estimate of drug-likeness (QED) is 0.274. The first-order chi connectivity index (χ1) is 18.4. The molecule has 0 aliphatic carbocycles. The minimum absolute atomic E-state index is 0.00590. The van der Waals surface area contributed by atoms with Crippen LogP contribution in [0.15, 0.2) is 42.5 Å². The van der Waals surface area contributed by atoms with Gasteiger partial charge in [-0.25, -0.2) is 0 Å². The Bertz CT molecular complexity index is 1000. The zero-order valence-electron chi connectivity index (χ0n) is 22.9. The molecule has 0 saturated carbocycles. The third-order valence-corrected chi connectivity index (χ3v) is 6.61. The fourth-order valence-electron chi connectivity index (χ4n) is 4.17. The molecule has 8 nitrogen and oxygen atoms in total. The molecule has 0 bridgehead atoms. The minimum atomic E-state index is -0.597. The number of amides is 1. The average Bonchev–Trinajstić information content (AvgIpc) is 2.94. The molecule has 2 N–H and O–H groups in total. The molecule has 0 aromatic heterocycles. The number of rotatable bonds is 14. The minimum Gasteiger partial charge on any atom is -0.502 e. The molecule has 1 aliphatic heterocycles. The van der Waals surface area contributed by atoms with Crippen LogP contribution in [0.2, 0.25) is 0 Å². The smallest absolute Gasteiger partial charge is 0.246 e. The van der Waals surface area contributed by atoms with E-state index in [1.165, 1.54) is 0 Å². The first kappa shape index (κ1) is 29.3. The number of piperazine rings is 1. The van der Waals surface area contributed by atoms with E-state index in [0.717, 1.165) is 42.6 Å². The van der Waals surface area contributed by atoms with Crippen LogP contribution < -0.4 is 14.2 Å².